The average molecular weight is 453 g/mol. The Morgan fingerprint density at radius 2 is 1.29 bits per heavy atom. The lowest BCUT2D eigenvalue weighted by molar-refractivity contribution is -0.302. The normalized spacial score (nSPS) is 54.0. The van der Waals surface area contributed by atoms with E-state index in [2.05, 4.69) is 0 Å². The van der Waals surface area contributed by atoms with Gasteiger partial charge >= 0.3 is 0 Å². The SMILES string of the molecule is NCC1OC(OC2C(N)CC(N)C(OC3OCC(O)C(O)C3N)C2O)C(N)C(O)C1O. The van der Waals surface area contributed by atoms with Gasteiger partial charge in [-0.2, -0.15) is 0 Å². The standard InChI is InChI=1S/C17H35N5O9/c18-2-7-11(25)12(26)9(22)17(29-7)31-15-5(20)1-4(19)14(13(15)27)30-16-8(21)10(24)6(23)3-28-16/h4-17,23-27H,1-3,18-22H2. The maximum absolute atomic E-state index is 10.9. The molecular weight excluding hydrogens is 418 g/mol. The summed E-state index contributed by atoms with van der Waals surface area (Å²) in [6, 6.07) is -3.64. The Bertz CT molecular complexity index is 592. The number of ether oxygens (including phenoxy) is 4. The Kier molecular flexibility index (Phi) is 8.21. The number of hydrogen-bond acceptors (Lipinski definition) is 14. The zero-order valence-corrected chi connectivity index (χ0v) is 17.0. The third-order valence-corrected chi connectivity index (χ3v) is 6.16. The first-order valence-corrected chi connectivity index (χ1v) is 10.3. The fourth-order valence-electron chi connectivity index (χ4n) is 4.17. The first-order chi connectivity index (χ1) is 14.6. The van der Waals surface area contributed by atoms with E-state index in [-0.39, 0.29) is 19.6 Å². The van der Waals surface area contributed by atoms with Crippen molar-refractivity contribution >= 4 is 0 Å². The number of aliphatic hydroxyl groups excluding tert-OH is 5. The molecule has 0 radical (unpaired) electrons. The van der Waals surface area contributed by atoms with Crippen LogP contribution in [-0.4, -0.2) is 124 Å². The highest BCUT2D eigenvalue weighted by Crippen LogP contribution is 2.30. The zero-order chi connectivity index (χ0) is 23.0. The molecule has 14 heteroatoms. The van der Waals surface area contributed by atoms with Gasteiger partial charge in [0, 0.05) is 18.6 Å². The predicted molar refractivity (Wildman–Crippen MR) is 104 cm³/mol. The first-order valence-electron chi connectivity index (χ1n) is 10.3. The van der Waals surface area contributed by atoms with Crippen molar-refractivity contribution in [1.29, 1.82) is 0 Å². The van der Waals surface area contributed by atoms with Crippen molar-refractivity contribution in [3.63, 3.8) is 0 Å². The van der Waals surface area contributed by atoms with E-state index < -0.39 is 85.6 Å². The van der Waals surface area contributed by atoms with Crippen LogP contribution in [0.3, 0.4) is 0 Å². The highest BCUT2D eigenvalue weighted by molar-refractivity contribution is 5.01. The Morgan fingerprint density at radius 3 is 1.87 bits per heavy atom. The molecule has 182 valence electrons. The van der Waals surface area contributed by atoms with E-state index in [1.54, 1.807) is 0 Å². The molecule has 3 rings (SSSR count). The second-order valence-corrected chi connectivity index (χ2v) is 8.43. The minimum Gasteiger partial charge on any atom is -0.389 e. The van der Waals surface area contributed by atoms with Gasteiger partial charge in [-0.1, -0.05) is 0 Å². The van der Waals surface area contributed by atoms with Crippen molar-refractivity contribution in [2.75, 3.05) is 13.2 Å². The van der Waals surface area contributed by atoms with Gasteiger partial charge in [0.05, 0.1) is 18.7 Å². The summed E-state index contributed by atoms with van der Waals surface area (Å²) in [7, 11) is 0. The average Bonchev–Trinajstić information content (AvgIpc) is 2.73. The van der Waals surface area contributed by atoms with Crippen molar-refractivity contribution < 1.29 is 44.5 Å². The molecule has 2 aliphatic heterocycles. The fourth-order valence-corrected chi connectivity index (χ4v) is 4.17. The molecule has 0 aromatic rings. The van der Waals surface area contributed by atoms with Crippen LogP contribution in [0.5, 0.6) is 0 Å². The Hall–Kier alpha value is -0.560. The number of rotatable bonds is 5. The van der Waals surface area contributed by atoms with Crippen molar-refractivity contribution in [3.8, 4) is 0 Å². The summed E-state index contributed by atoms with van der Waals surface area (Å²) in [5, 5.41) is 50.7. The molecular formula is C17H35N5O9. The van der Waals surface area contributed by atoms with Crippen molar-refractivity contribution in [2.45, 2.75) is 92.0 Å². The molecule has 15 N–H and O–H groups in total. The first kappa shape index (κ1) is 25.1. The van der Waals surface area contributed by atoms with Crippen molar-refractivity contribution in [1.82, 2.24) is 0 Å². The van der Waals surface area contributed by atoms with Gasteiger partial charge in [0.15, 0.2) is 12.6 Å². The summed E-state index contributed by atoms with van der Waals surface area (Å²) in [4.78, 5) is 0. The van der Waals surface area contributed by atoms with Gasteiger partial charge in [-0.3, -0.25) is 0 Å². The largest absolute Gasteiger partial charge is 0.389 e. The second kappa shape index (κ2) is 10.1. The molecule has 14 nitrogen and oxygen atoms in total. The van der Waals surface area contributed by atoms with Gasteiger partial charge < -0.3 is 73.1 Å². The molecule has 31 heavy (non-hydrogen) atoms. The zero-order valence-electron chi connectivity index (χ0n) is 17.0. The molecule has 0 spiro atoms. The van der Waals surface area contributed by atoms with Crippen molar-refractivity contribution in [3.05, 3.63) is 0 Å². The monoisotopic (exact) mass is 453 g/mol. The highest BCUT2D eigenvalue weighted by atomic mass is 16.7. The van der Waals surface area contributed by atoms with Gasteiger partial charge in [-0.05, 0) is 6.42 Å². The van der Waals surface area contributed by atoms with Crippen LogP contribution < -0.4 is 28.7 Å². The Morgan fingerprint density at radius 1 is 0.742 bits per heavy atom. The molecule has 3 fully saturated rings. The summed E-state index contributed by atoms with van der Waals surface area (Å²) >= 11 is 0. The van der Waals surface area contributed by atoms with E-state index in [1.165, 1.54) is 0 Å². The molecule has 2 saturated heterocycles. The van der Waals surface area contributed by atoms with E-state index in [0.717, 1.165) is 0 Å². The van der Waals surface area contributed by atoms with Crippen LogP contribution in [0.4, 0.5) is 0 Å². The molecule has 3 aliphatic rings. The van der Waals surface area contributed by atoms with Crippen LogP contribution >= 0.6 is 0 Å². The molecule has 0 aromatic carbocycles. The van der Waals surface area contributed by atoms with E-state index in [1.807, 2.05) is 0 Å². The molecule has 0 aromatic heterocycles. The highest BCUT2D eigenvalue weighted by Gasteiger charge is 2.50. The predicted octanol–water partition coefficient (Wildman–Crippen LogP) is -6.69. The molecule has 0 amide bonds. The quantitative estimate of drug-likeness (QED) is 0.185. The summed E-state index contributed by atoms with van der Waals surface area (Å²) in [6.45, 7) is -0.297. The van der Waals surface area contributed by atoms with Gasteiger partial charge in [0.2, 0.25) is 0 Å². The minimum absolute atomic E-state index is 0.0915. The van der Waals surface area contributed by atoms with E-state index in [0.29, 0.717) is 0 Å². The van der Waals surface area contributed by atoms with E-state index in [9.17, 15) is 25.5 Å². The van der Waals surface area contributed by atoms with Gasteiger partial charge in [0.1, 0.15) is 48.8 Å². The molecule has 1 saturated carbocycles. The second-order valence-electron chi connectivity index (χ2n) is 8.43. The lowest BCUT2D eigenvalue weighted by atomic mass is 9.84. The number of aliphatic hydroxyl groups is 5. The van der Waals surface area contributed by atoms with Crippen LogP contribution in [0.1, 0.15) is 6.42 Å². The van der Waals surface area contributed by atoms with Crippen molar-refractivity contribution in [2.24, 2.45) is 28.7 Å². The summed E-state index contributed by atoms with van der Waals surface area (Å²) in [5.41, 5.74) is 29.6. The summed E-state index contributed by atoms with van der Waals surface area (Å²) in [5.74, 6) is 0. The molecule has 2 heterocycles. The Balaban J connectivity index is 1.70. The molecule has 1 aliphatic carbocycles. The maximum Gasteiger partial charge on any atom is 0.176 e. The lowest BCUT2D eigenvalue weighted by Crippen LogP contribution is -2.68. The lowest BCUT2D eigenvalue weighted by Gasteiger charge is -2.47. The number of hydrogen-bond donors (Lipinski definition) is 10. The van der Waals surface area contributed by atoms with Gasteiger partial charge in [-0.25, -0.2) is 0 Å². The number of nitrogens with two attached hydrogens (primary N) is 5. The van der Waals surface area contributed by atoms with Gasteiger partial charge in [0.25, 0.3) is 0 Å². The van der Waals surface area contributed by atoms with Crippen LogP contribution in [0.15, 0.2) is 0 Å². The molecule has 14 unspecified atom stereocenters. The van der Waals surface area contributed by atoms with Crippen LogP contribution in [0.25, 0.3) is 0 Å². The smallest absolute Gasteiger partial charge is 0.176 e. The Labute approximate surface area is 179 Å². The third kappa shape index (κ3) is 5.02. The van der Waals surface area contributed by atoms with E-state index >= 15 is 0 Å². The van der Waals surface area contributed by atoms with Gasteiger partial charge in [-0.15, -0.1) is 0 Å². The molecule has 14 atom stereocenters. The van der Waals surface area contributed by atoms with Crippen LogP contribution in [-0.2, 0) is 18.9 Å². The summed E-state index contributed by atoms with van der Waals surface area (Å²) < 4.78 is 22.5. The van der Waals surface area contributed by atoms with E-state index in [4.69, 9.17) is 47.6 Å². The topological polar surface area (TPSA) is 268 Å². The summed E-state index contributed by atoms with van der Waals surface area (Å²) in [6.07, 6.45) is -11.6. The molecule has 0 bridgehead atoms. The third-order valence-electron chi connectivity index (χ3n) is 6.16. The maximum atomic E-state index is 10.9. The van der Waals surface area contributed by atoms with Crippen LogP contribution in [0, 0.1) is 0 Å². The van der Waals surface area contributed by atoms with Crippen LogP contribution in [0.2, 0.25) is 0 Å². The minimum atomic E-state index is -1.37. The fraction of sp³-hybridized carbons (Fsp3) is 1.00.